The van der Waals surface area contributed by atoms with Crippen molar-refractivity contribution in [1.82, 2.24) is 14.9 Å². The van der Waals surface area contributed by atoms with Crippen LogP contribution in [0.25, 0.3) is 0 Å². The van der Waals surface area contributed by atoms with E-state index in [1.165, 1.54) is 0 Å². The van der Waals surface area contributed by atoms with Crippen molar-refractivity contribution in [1.29, 1.82) is 0 Å². The van der Waals surface area contributed by atoms with Crippen LogP contribution in [0.4, 0.5) is 11.4 Å². The molecule has 0 radical (unpaired) electrons. The number of ether oxygens (including phenoxy) is 1. The first-order chi connectivity index (χ1) is 18.4. The molecule has 1 fully saturated rings. The molecule has 0 saturated carbocycles. The molecule has 9 heteroatoms. The molecule has 0 bridgehead atoms. The van der Waals surface area contributed by atoms with Gasteiger partial charge in [0, 0.05) is 35.8 Å². The van der Waals surface area contributed by atoms with Crippen molar-refractivity contribution < 1.29 is 13.9 Å². The number of methoxy groups -OCH3 is 1. The third-order valence-electron chi connectivity index (χ3n) is 6.98. The highest BCUT2D eigenvalue weighted by Gasteiger charge is 2.42. The number of aromatic nitrogens is 2. The van der Waals surface area contributed by atoms with E-state index < -0.39 is 0 Å². The zero-order chi connectivity index (χ0) is 26.8. The third kappa shape index (κ3) is 4.77. The van der Waals surface area contributed by atoms with Gasteiger partial charge in [0.25, 0.3) is 0 Å². The van der Waals surface area contributed by atoms with Gasteiger partial charge in [-0.15, -0.1) is 0 Å². The number of amides is 1. The van der Waals surface area contributed by atoms with Gasteiger partial charge >= 0.3 is 0 Å². The molecule has 1 aliphatic rings. The van der Waals surface area contributed by atoms with E-state index in [2.05, 4.69) is 45.0 Å². The van der Waals surface area contributed by atoms with E-state index in [4.69, 9.17) is 21.4 Å². The zero-order valence-electron chi connectivity index (χ0n) is 21.9. The van der Waals surface area contributed by atoms with Gasteiger partial charge in [0.1, 0.15) is 11.5 Å². The largest absolute Gasteiger partial charge is 0.494 e. The summed E-state index contributed by atoms with van der Waals surface area (Å²) < 4.78 is 13.5. The summed E-state index contributed by atoms with van der Waals surface area (Å²) in [6.45, 7) is 6.69. The smallest absolute Gasteiger partial charge is 0.224 e. The number of carbonyl (C=O) groups excluding carboxylic acids is 1. The number of hydrogen-bond acceptors (Lipinski definition) is 5. The van der Waals surface area contributed by atoms with E-state index in [1.807, 2.05) is 55.5 Å². The number of hydrogen-bond donors (Lipinski definition) is 2. The van der Waals surface area contributed by atoms with Gasteiger partial charge in [-0.05, 0) is 74.1 Å². The number of thiocarbonyl (C=S) groups is 1. The predicted octanol–water partition coefficient (Wildman–Crippen LogP) is 5.68. The van der Waals surface area contributed by atoms with E-state index in [0.717, 1.165) is 34.1 Å². The molecule has 4 heterocycles. The molecule has 0 aliphatic carbocycles. The fourth-order valence-electron chi connectivity index (χ4n) is 5.05. The van der Waals surface area contributed by atoms with Crippen LogP contribution in [0.15, 0.2) is 71.5 Å². The normalized spacial score (nSPS) is 16.9. The lowest BCUT2D eigenvalue weighted by atomic mass is 9.96. The Morgan fingerprint density at radius 2 is 2.03 bits per heavy atom. The van der Waals surface area contributed by atoms with Gasteiger partial charge in [-0.2, -0.15) is 0 Å². The van der Waals surface area contributed by atoms with Crippen LogP contribution in [0, 0.1) is 13.8 Å². The summed E-state index contributed by atoms with van der Waals surface area (Å²) in [5, 5.41) is 7.02. The molecule has 2 atom stereocenters. The number of aryl methyl sites for hydroxylation is 1. The minimum Gasteiger partial charge on any atom is -0.494 e. The maximum Gasteiger partial charge on any atom is 0.224 e. The highest BCUT2D eigenvalue weighted by Crippen LogP contribution is 2.44. The average molecular weight is 530 g/mol. The van der Waals surface area contributed by atoms with Crippen molar-refractivity contribution in [2.45, 2.75) is 45.8 Å². The van der Waals surface area contributed by atoms with E-state index in [-0.39, 0.29) is 18.0 Å². The Bertz CT molecular complexity index is 1450. The Hall–Kier alpha value is -4.11. The van der Waals surface area contributed by atoms with Gasteiger partial charge in [0.15, 0.2) is 5.11 Å². The van der Waals surface area contributed by atoms with Crippen molar-refractivity contribution in [3.05, 3.63) is 95.5 Å². The molecule has 0 unspecified atom stereocenters. The molecule has 1 saturated heterocycles. The SMILES string of the molecule is CCC(=O)Nc1ccc(N2C(=S)N[C@H](c3ccccn3)[C@H]2c2cc(C)n(Cc3ccco3)c2C)cc1OC. The molecule has 0 spiro atoms. The monoisotopic (exact) mass is 529 g/mol. The van der Waals surface area contributed by atoms with Crippen LogP contribution in [-0.4, -0.2) is 27.7 Å². The number of rotatable bonds is 8. The molecule has 38 heavy (non-hydrogen) atoms. The van der Waals surface area contributed by atoms with Crippen molar-refractivity contribution in [2.24, 2.45) is 0 Å². The zero-order valence-corrected chi connectivity index (χ0v) is 22.7. The molecule has 8 nitrogen and oxygen atoms in total. The number of carbonyl (C=O) groups is 1. The van der Waals surface area contributed by atoms with Gasteiger partial charge in [-0.3, -0.25) is 9.78 Å². The number of benzene rings is 1. The second-order valence-electron chi connectivity index (χ2n) is 9.27. The first-order valence-electron chi connectivity index (χ1n) is 12.6. The van der Waals surface area contributed by atoms with Crippen LogP contribution in [0.5, 0.6) is 5.75 Å². The molecular formula is C29H31N5O3S. The fraction of sp³-hybridized carbons (Fsp3) is 0.276. The average Bonchev–Trinajstić information content (AvgIpc) is 3.64. The van der Waals surface area contributed by atoms with E-state index in [1.54, 1.807) is 19.6 Å². The first-order valence-corrected chi connectivity index (χ1v) is 13.0. The topological polar surface area (TPSA) is 84.6 Å². The van der Waals surface area contributed by atoms with Crippen LogP contribution in [0.3, 0.4) is 0 Å². The molecule has 1 aromatic carbocycles. The lowest BCUT2D eigenvalue weighted by Gasteiger charge is -2.29. The highest BCUT2D eigenvalue weighted by atomic mass is 32.1. The van der Waals surface area contributed by atoms with Crippen molar-refractivity contribution in [3.8, 4) is 5.75 Å². The molecule has 2 N–H and O–H groups in total. The number of nitrogens with one attached hydrogen (secondary N) is 2. The molecule has 4 aromatic rings. The molecule has 196 valence electrons. The predicted molar refractivity (Wildman–Crippen MR) is 152 cm³/mol. The van der Waals surface area contributed by atoms with Gasteiger partial charge < -0.3 is 29.3 Å². The Morgan fingerprint density at radius 3 is 2.71 bits per heavy atom. The van der Waals surface area contributed by atoms with Crippen LogP contribution in [0.2, 0.25) is 0 Å². The third-order valence-corrected chi connectivity index (χ3v) is 7.30. The second-order valence-corrected chi connectivity index (χ2v) is 9.66. The van der Waals surface area contributed by atoms with E-state index in [0.29, 0.717) is 29.5 Å². The summed E-state index contributed by atoms with van der Waals surface area (Å²) in [6, 6.07) is 17.4. The molecule has 5 rings (SSSR count). The number of nitrogens with zero attached hydrogens (tertiary/aromatic N) is 3. The summed E-state index contributed by atoms with van der Waals surface area (Å²) in [5.74, 6) is 1.38. The quantitative estimate of drug-likeness (QED) is 0.284. The van der Waals surface area contributed by atoms with E-state index >= 15 is 0 Å². The highest BCUT2D eigenvalue weighted by molar-refractivity contribution is 7.80. The van der Waals surface area contributed by atoms with Gasteiger partial charge in [-0.25, -0.2) is 0 Å². The number of pyridine rings is 1. The summed E-state index contributed by atoms with van der Waals surface area (Å²) >= 11 is 5.91. The van der Waals surface area contributed by atoms with Gasteiger partial charge in [0.05, 0.1) is 43.4 Å². The summed E-state index contributed by atoms with van der Waals surface area (Å²) in [7, 11) is 1.59. The summed E-state index contributed by atoms with van der Waals surface area (Å²) in [6.07, 6.45) is 3.88. The lowest BCUT2D eigenvalue weighted by molar-refractivity contribution is -0.115. The van der Waals surface area contributed by atoms with Gasteiger partial charge in [-0.1, -0.05) is 13.0 Å². The number of furan rings is 1. The van der Waals surface area contributed by atoms with Crippen LogP contribution < -0.4 is 20.3 Å². The second kappa shape index (κ2) is 10.7. The van der Waals surface area contributed by atoms with Crippen molar-refractivity contribution >= 4 is 34.6 Å². The minimum absolute atomic E-state index is 0.0773. The molecular weight excluding hydrogens is 498 g/mol. The Morgan fingerprint density at radius 1 is 1.18 bits per heavy atom. The molecule has 3 aromatic heterocycles. The maximum atomic E-state index is 12.0. The van der Waals surface area contributed by atoms with Crippen molar-refractivity contribution in [3.63, 3.8) is 0 Å². The Kier molecular flexibility index (Phi) is 7.20. The Labute approximate surface area is 227 Å². The summed E-state index contributed by atoms with van der Waals surface area (Å²) in [4.78, 5) is 18.8. The fourth-order valence-corrected chi connectivity index (χ4v) is 5.40. The maximum absolute atomic E-state index is 12.0. The van der Waals surface area contributed by atoms with Gasteiger partial charge in [0.2, 0.25) is 5.91 Å². The minimum atomic E-state index is -0.174. The van der Waals surface area contributed by atoms with Crippen molar-refractivity contribution in [2.75, 3.05) is 17.3 Å². The first kappa shape index (κ1) is 25.5. The number of anilines is 2. The standard InChI is InChI=1S/C29H31N5O3S/c1-5-26(35)31-23-12-11-20(16-25(23)36-4)34-28(27(32-29(34)38)24-10-6-7-13-30-24)22-15-18(2)33(19(22)3)17-21-9-8-14-37-21/h6-16,27-28H,5,17H2,1-4H3,(H,31,35)(H,32,38)/t27-,28-/m1/s1. The van der Waals surface area contributed by atoms with Crippen LogP contribution in [0.1, 0.15) is 53.8 Å². The lowest BCUT2D eigenvalue weighted by Crippen LogP contribution is -2.29. The van der Waals surface area contributed by atoms with E-state index in [9.17, 15) is 4.79 Å². The molecule has 1 amide bonds. The Balaban J connectivity index is 1.60. The summed E-state index contributed by atoms with van der Waals surface area (Å²) in [5.41, 5.74) is 5.77. The van der Waals surface area contributed by atoms with Crippen LogP contribution in [-0.2, 0) is 11.3 Å². The van der Waals surface area contributed by atoms with Crippen LogP contribution >= 0.6 is 12.2 Å². The molecule has 1 aliphatic heterocycles.